The van der Waals surface area contributed by atoms with Crippen molar-refractivity contribution in [1.82, 2.24) is 9.97 Å². The molecule has 5 rings (SSSR count). The molecule has 0 aliphatic heterocycles. The van der Waals surface area contributed by atoms with Crippen LogP contribution in [0, 0.1) is 0 Å². The van der Waals surface area contributed by atoms with Crippen LogP contribution in [0.1, 0.15) is 40.0 Å². The molecule has 2 heterocycles. The Morgan fingerprint density at radius 3 is 2.74 bits per heavy atom. The van der Waals surface area contributed by atoms with E-state index in [1.165, 1.54) is 35.3 Å². The van der Waals surface area contributed by atoms with Crippen molar-refractivity contribution in [3.8, 4) is 5.75 Å². The summed E-state index contributed by atoms with van der Waals surface area (Å²) in [4.78, 5) is 24.6. The van der Waals surface area contributed by atoms with E-state index in [1.54, 1.807) is 18.2 Å². The lowest BCUT2D eigenvalue weighted by atomic mass is 9.90. The molecule has 0 unspecified atom stereocenters. The Hall–Kier alpha value is -3.25. The van der Waals surface area contributed by atoms with Gasteiger partial charge in [-0.3, -0.25) is 14.7 Å². The average Bonchev–Trinajstić information content (AvgIpc) is 3.25. The van der Waals surface area contributed by atoms with Crippen molar-refractivity contribution < 1.29 is 9.53 Å². The first kappa shape index (κ1) is 19.7. The molecule has 0 saturated heterocycles. The Morgan fingerprint density at radius 2 is 1.94 bits per heavy atom. The minimum Gasteiger partial charge on any atom is -0.497 e. The molecule has 0 radical (unpaired) electrons. The van der Waals surface area contributed by atoms with Crippen LogP contribution in [0.2, 0.25) is 0 Å². The summed E-state index contributed by atoms with van der Waals surface area (Å²) in [6, 6.07) is 17.7. The number of hydrogen-bond acceptors (Lipinski definition) is 5. The lowest BCUT2D eigenvalue weighted by Gasteiger charge is -2.21. The first-order chi connectivity index (χ1) is 15.2. The van der Waals surface area contributed by atoms with Crippen LogP contribution >= 0.6 is 11.3 Å². The number of rotatable bonds is 5. The van der Waals surface area contributed by atoms with E-state index in [0.717, 1.165) is 34.5 Å². The van der Waals surface area contributed by atoms with E-state index in [-0.39, 0.29) is 5.91 Å². The van der Waals surface area contributed by atoms with E-state index in [0.29, 0.717) is 17.2 Å². The molecular formula is C25H23N3O2S. The van der Waals surface area contributed by atoms with E-state index in [9.17, 15) is 4.79 Å². The topological polar surface area (TPSA) is 55.3 Å². The standard InChI is InChI=1S/C25H23N3O2S/c1-30-21-11-12-22-23(15-21)31-25(27-22)28(16-20-8-4-5-13-26-20)24(29)19-10-9-17-6-2-3-7-18(17)14-19/h4-5,8-15H,2-3,6-7,16H2,1H3. The third-order valence-electron chi connectivity index (χ3n) is 5.70. The van der Waals surface area contributed by atoms with Crippen LogP contribution in [0.5, 0.6) is 5.75 Å². The molecule has 2 aromatic carbocycles. The molecule has 1 aliphatic carbocycles. The second-order valence-electron chi connectivity index (χ2n) is 7.73. The molecule has 0 spiro atoms. The number of nitrogens with zero attached hydrogens (tertiary/aromatic N) is 3. The van der Waals surface area contributed by atoms with Gasteiger partial charge in [0.1, 0.15) is 5.75 Å². The number of ether oxygens (including phenoxy) is 1. The Kier molecular flexibility index (Phi) is 5.38. The molecule has 4 aromatic rings. The van der Waals surface area contributed by atoms with Crippen LogP contribution in [-0.4, -0.2) is 23.0 Å². The lowest BCUT2D eigenvalue weighted by Crippen LogP contribution is -2.31. The SMILES string of the molecule is COc1ccc2nc(N(Cc3ccccn3)C(=O)c3ccc4c(c3)CCCC4)sc2c1. The molecule has 156 valence electrons. The molecule has 31 heavy (non-hydrogen) atoms. The van der Waals surface area contributed by atoms with Gasteiger partial charge in [0.2, 0.25) is 0 Å². The van der Waals surface area contributed by atoms with E-state index in [1.807, 2.05) is 42.5 Å². The number of methoxy groups -OCH3 is 1. The normalized spacial score (nSPS) is 13.1. The summed E-state index contributed by atoms with van der Waals surface area (Å²) in [5, 5.41) is 0.664. The number of hydrogen-bond donors (Lipinski definition) is 0. The highest BCUT2D eigenvalue weighted by Crippen LogP contribution is 2.33. The quantitative estimate of drug-likeness (QED) is 0.425. The summed E-state index contributed by atoms with van der Waals surface area (Å²) in [6.45, 7) is 0.369. The fourth-order valence-corrected chi connectivity index (χ4v) is 5.03. The second-order valence-corrected chi connectivity index (χ2v) is 8.74. The van der Waals surface area contributed by atoms with Crippen molar-refractivity contribution in [3.63, 3.8) is 0 Å². The zero-order valence-corrected chi connectivity index (χ0v) is 18.2. The van der Waals surface area contributed by atoms with Gasteiger partial charge in [-0.15, -0.1) is 0 Å². The molecule has 0 saturated carbocycles. The van der Waals surface area contributed by atoms with Crippen molar-refractivity contribution in [2.24, 2.45) is 0 Å². The molecular weight excluding hydrogens is 406 g/mol. The fourth-order valence-electron chi connectivity index (χ4n) is 4.04. The second kappa shape index (κ2) is 8.47. The lowest BCUT2D eigenvalue weighted by molar-refractivity contribution is 0.0984. The number of benzene rings is 2. The smallest absolute Gasteiger partial charge is 0.260 e. The summed E-state index contributed by atoms with van der Waals surface area (Å²) in [5.41, 5.74) is 5.04. The minimum absolute atomic E-state index is 0.0509. The van der Waals surface area contributed by atoms with Gasteiger partial charge >= 0.3 is 0 Å². The van der Waals surface area contributed by atoms with Crippen LogP contribution in [0.15, 0.2) is 60.8 Å². The zero-order valence-electron chi connectivity index (χ0n) is 17.4. The number of amides is 1. The third kappa shape index (κ3) is 4.03. The van der Waals surface area contributed by atoms with Gasteiger partial charge in [0.05, 0.1) is 29.6 Å². The van der Waals surface area contributed by atoms with E-state index in [4.69, 9.17) is 9.72 Å². The van der Waals surface area contributed by atoms with Gasteiger partial charge in [-0.25, -0.2) is 4.98 Å². The molecule has 0 fully saturated rings. The predicted octanol–water partition coefficient (Wildman–Crippen LogP) is 5.43. The molecule has 0 atom stereocenters. The summed E-state index contributed by atoms with van der Waals surface area (Å²) in [7, 11) is 1.65. The summed E-state index contributed by atoms with van der Waals surface area (Å²) >= 11 is 1.49. The average molecular weight is 430 g/mol. The van der Waals surface area contributed by atoms with E-state index < -0.39 is 0 Å². The molecule has 0 N–H and O–H groups in total. The largest absolute Gasteiger partial charge is 0.497 e. The molecule has 6 heteroatoms. The van der Waals surface area contributed by atoms with Crippen LogP contribution in [0.4, 0.5) is 5.13 Å². The van der Waals surface area contributed by atoms with Crippen LogP contribution in [0.25, 0.3) is 10.2 Å². The van der Waals surface area contributed by atoms with Gasteiger partial charge in [-0.05, 0) is 79.3 Å². The number of fused-ring (bicyclic) bond motifs is 2. The van der Waals surface area contributed by atoms with Gasteiger partial charge in [0, 0.05) is 11.8 Å². The Balaban J connectivity index is 1.54. The first-order valence-corrected chi connectivity index (χ1v) is 11.3. The Morgan fingerprint density at radius 1 is 1.06 bits per heavy atom. The highest BCUT2D eigenvalue weighted by atomic mass is 32.1. The molecule has 0 bridgehead atoms. The molecule has 1 aliphatic rings. The molecule has 2 aromatic heterocycles. The highest BCUT2D eigenvalue weighted by Gasteiger charge is 2.23. The number of carbonyl (C=O) groups excluding carboxylic acids is 1. The number of carbonyl (C=O) groups is 1. The monoisotopic (exact) mass is 429 g/mol. The van der Waals surface area contributed by atoms with Gasteiger partial charge in [0.15, 0.2) is 5.13 Å². The van der Waals surface area contributed by atoms with Gasteiger partial charge in [-0.1, -0.05) is 23.5 Å². The van der Waals surface area contributed by atoms with Crippen LogP contribution in [-0.2, 0) is 19.4 Å². The van der Waals surface area contributed by atoms with Crippen molar-refractivity contribution in [2.45, 2.75) is 32.2 Å². The fraction of sp³-hybridized carbons (Fsp3) is 0.240. The summed E-state index contributed by atoms with van der Waals surface area (Å²) in [5.74, 6) is 0.727. The van der Waals surface area contributed by atoms with Crippen molar-refractivity contribution in [2.75, 3.05) is 12.0 Å². The van der Waals surface area contributed by atoms with Crippen LogP contribution < -0.4 is 9.64 Å². The van der Waals surface area contributed by atoms with Gasteiger partial charge < -0.3 is 4.74 Å². The Labute approximate surface area is 185 Å². The van der Waals surface area contributed by atoms with Crippen molar-refractivity contribution in [3.05, 3.63) is 83.2 Å². The van der Waals surface area contributed by atoms with Crippen molar-refractivity contribution in [1.29, 1.82) is 0 Å². The van der Waals surface area contributed by atoms with Gasteiger partial charge in [0.25, 0.3) is 5.91 Å². The van der Waals surface area contributed by atoms with Gasteiger partial charge in [-0.2, -0.15) is 0 Å². The zero-order chi connectivity index (χ0) is 21.2. The maximum absolute atomic E-state index is 13.7. The van der Waals surface area contributed by atoms with E-state index in [2.05, 4.69) is 17.1 Å². The number of pyridine rings is 1. The first-order valence-electron chi connectivity index (χ1n) is 10.5. The summed E-state index contributed by atoms with van der Waals surface area (Å²) in [6.07, 6.45) is 6.29. The predicted molar refractivity (Wildman–Crippen MR) is 124 cm³/mol. The Bertz CT molecular complexity index is 1240. The molecule has 1 amide bonds. The van der Waals surface area contributed by atoms with Crippen LogP contribution in [0.3, 0.4) is 0 Å². The summed E-state index contributed by atoms with van der Waals surface area (Å²) < 4.78 is 6.33. The highest BCUT2D eigenvalue weighted by molar-refractivity contribution is 7.22. The number of thiazole rings is 1. The maximum atomic E-state index is 13.7. The maximum Gasteiger partial charge on any atom is 0.260 e. The number of anilines is 1. The number of aromatic nitrogens is 2. The van der Waals surface area contributed by atoms with E-state index >= 15 is 0 Å². The number of aryl methyl sites for hydroxylation is 2. The van der Waals surface area contributed by atoms with Crippen molar-refractivity contribution >= 4 is 32.6 Å². The third-order valence-corrected chi connectivity index (χ3v) is 6.74. The minimum atomic E-state index is -0.0509. The molecule has 5 nitrogen and oxygen atoms in total.